The van der Waals surface area contributed by atoms with E-state index in [9.17, 15) is 9.59 Å². The standard InChI is InChI=1S/C24H30N2O3/c1-3-19(4-2)22(27)26-13-14-29-24(17-26,23(25)28)16-18-9-8-12-21(15-18)20-10-6-5-7-11-20/h5-12,15,19H,3-4,13-14,16-17H2,1-2H3,(H2,25,28). The highest BCUT2D eigenvalue weighted by Gasteiger charge is 2.44. The third kappa shape index (κ3) is 4.67. The van der Waals surface area contributed by atoms with Crippen LogP contribution in [0.25, 0.3) is 11.1 Å². The quantitative estimate of drug-likeness (QED) is 0.782. The summed E-state index contributed by atoms with van der Waals surface area (Å²) in [7, 11) is 0. The van der Waals surface area contributed by atoms with Crippen LogP contribution >= 0.6 is 0 Å². The summed E-state index contributed by atoms with van der Waals surface area (Å²) in [6.45, 7) is 5.04. The van der Waals surface area contributed by atoms with Gasteiger partial charge in [0.15, 0.2) is 5.60 Å². The molecule has 0 aliphatic carbocycles. The first-order valence-corrected chi connectivity index (χ1v) is 10.4. The molecule has 2 amide bonds. The molecule has 5 heteroatoms. The summed E-state index contributed by atoms with van der Waals surface area (Å²) in [5.41, 5.74) is 7.74. The topological polar surface area (TPSA) is 72.6 Å². The molecule has 1 atom stereocenters. The number of benzene rings is 2. The molecule has 1 unspecified atom stereocenters. The first kappa shape index (κ1) is 21.1. The van der Waals surface area contributed by atoms with E-state index in [2.05, 4.69) is 18.2 Å². The number of hydrogen-bond donors (Lipinski definition) is 1. The minimum absolute atomic E-state index is 0.0277. The summed E-state index contributed by atoms with van der Waals surface area (Å²) in [4.78, 5) is 27.1. The average Bonchev–Trinajstić information content (AvgIpc) is 2.75. The van der Waals surface area contributed by atoms with E-state index in [1.54, 1.807) is 4.90 Å². The number of primary amides is 1. The molecule has 1 heterocycles. The Balaban J connectivity index is 1.84. The smallest absolute Gasteiger partial charge is 0.251 e. The van der Waals surface area contributed by atoms with Crippen molar-refractivity contribution in [1.29, 1.82) is 0 Å². The van der Waals surface area contributed by atoms with E-state index in [0.29, 0.717) is 19.6 Å². The summed E-state index contributed by atoms with van der Waals surface area (Å²) in [5, 5.41) is 0. The zero-order valence-electron chi connectivity index (χ0n) is 17.3. The highest BCUT2D eigenvalue weighted by Crippen LogP contribution is 2.27. The van der Waals surface area contributed by atoms with Gasteiger partial charge in [-0.05, 0) is 29.5 Å². The number of morpholine rings is 1. The molecule has 1 aliphatic rings. The molecule has 2 N–H and O–H groups in total. The van der Waals surface area contributed by atoms with Crippen molar-refractivity contribution in [3.63, 3.8) is 0 Å². The maximum atomic E-state index is 12.9. The largest absolute Gasteiger partial charge is 0.367 e. The van der Waals surface area contributed by atoms with Crippen molar-refractivity contribution < 1.29 is 14.3 Å². The Hall–Kier alpha value is -2.66. The highest BCUT2D eigenvalue weighted by atomic mass is 16.5. The number of nitrogens with two attached hydrogens (primary N) is 1. The molecule has 1 saturated heterocycles. The van der Waals surface area contributed by atoms with Gasteiger partial charge in [-0.15, -0.1) is 0 Å². The van der Waals surface area contributed by atoms with Crippen LogP contribution in [-0.2, 0) is 20.7 Å². The van der Waals surface area contributed by atoms with E-state index in [1.165, 1.54) is 0 Å². The lowest BCUT2D eigenvalue weighted by Gasteiger charge is -2.41. The molecule has 0 bridgehead atoms. The minimum atomic E-state index is -1.20. The summed E-state index contributed by atoms with van der Waals surface area (Å²) in [6, 6.07) is 18.1. The van der Waals surface area contributed by atoms with Crippen LogP contribution in [0, 0.1) is 5.92 Å². The Kier molecular flexibility index (Phi) is 6.70. The molecule has 1 fully saturated rings. The number of amides is 2. The molecule has 0 radical (unpaired) electrons. The predicted octanol–water partition coefficient (Wildman–Crippen LogP) is 3.42. The van der Waals surface area contributed by atoms with Gasteiger partial charge in [0.05, 0.1) is 13.2 Å². The van der Waals surface area contributed by atoms with Gasteiger partial charge < -0.3 is 15.4 Å². The van der Waals surface area contributed by atoms with Gasteiger partial charge in [-0.3, -0.25) is 9.59 Å². The van der Waals surface area contributed by atoms with Crippen molar-refractivity contribution >= 4 is 11.8 Å². The van der Waals surface area contributed by atoms with Crippen molar-refractivity contribution in [2.45, 2.75) is 38.7 Å². The maximum absolute atomic E-state index is 12.9. The van der Waals surface area contributed by atoms with Crippen LogP contribution in [0.15, 0.2) is 54.6 Å². The van der Waals surface area contributed by atoms with E-state index in [-0.39, 0.29) is 18.4 Å². The Morgan fingerprint density at radius 1 is 1.07 bits per heavy atom. The van der Waals surface area contributed by atoms with Crippen LogP contribution in [-0.4, -0.2) is 42.0 Å². The summed E-state index contributed by atoms with van der Waals surface area (Å²) >= 11 is 0. The van der Waals surface area contributed by atoms with Crippen LogP contribution in [0.2, 0.25) is 0 Å². The number of ether oxygens (including phenoxy) is 1. The third-order valence-corrected chi connectivity index (χ3v) is 5.81. The van der Waals surface area contributed by atoms with Crippen LogP contribution in [0.5, 0.6) is 0 Å². The predicted molar refractivity (Wildman–Crippen MR) is 114 cm³/mol. The first-order chi connectivity index (χ1) is 14.0. The van der Waals surface area contributed by atoms with Gasteiger partial charge in [0.1, 0.15) is 0 Å². The average molecular weight is 395 g/mol. The zero-order chi connectivity index (χ0) is 20.9. The van der Waals surface area contributed by atoms with Crippen molar-refractivity contribution in [3.8, 4) is 11.1 Å². The van der Waals surface area contributed by atoms with E-state index in [0.717, 1.165) is 29.5 Å². The zero-order valence-corrected chi connectivity index (χ0v) is 17.3. The minimum Gasteiger partial charge on any atom is -0.367 e. The molecular formula is C24H30N2O3. The van der Waals surface area contributed by atoms with Gasteiger partial charge in [-0.2, -0.15) is 0 Å². The fourth-order valence-corrected chi connectivity index (χ4v) is 4.03. The lowest BCUT2D eigenvalue weighted by Crippen LogP contribution is -2.61. The molecule has 154 valence electrons. The number of nitrogens with zero attached hydrogens (tertiary/aromatic N) is 1. The molecule has 0 aromatic heterocycles. The van der Waals surface area contributed by atoms with Crippen LogP contribution in [0.4, 0.5) is 0 Å². The lowest BCUT2D eigenvalue weighted by atomic mass is 9.89. The fraction of sp³-hybridized carbons (Fsp3) is 0.417. The number of hydrogen-bond acceptors (Lipinski definition) is 3. The Bertz CT molecular complexity index is 848. The van der Waals surface area contributed by atoms with E-state index in [1.807, 2.05) is 50.2 Å². The number of rotatable bonds is 7. The molecule has 29 heavy (non-hydrogen) atoms. The second-order valence-electron chi connectivity index (χ2n) is 7.72. The van der Waals surface area contributed by atoms with Gasteiger partial charge in [0.2, 0.25) is 5.91 Å². The third-order valence-electron chi connectivity index (χ3n) is 5.81. The monoisotopic (exact) mass is 394 g/mol. The van der Waals surface area contributed by atoms with Gasteiger partial charge in [-0.25, -0.2) is 0 Å². The fourth-order valence-electron chi connectivity index (χ4n) is 4.03. The summed E-state index contributed by atoms with van der Waals surface area (Å²) < 4.78 is 5.94. The Morgan fingerprint density at radius 3 is 2.41 bits per heavy atom. The molecule has 3 rings (SSSR count). The van der Waals surface area contributed by atoms with Crippen molar-refractivity contribution in [2.75, 3.05) is 19.7 Å². The molecule has 2 aromatic carbocycles. The summed E-state index contributed by atoms with van der Waals surface area (Å²) in [5.74, 6) is -0.466. The molecule has 1 aliphatic heterocycles. The molecule has 5 nitrogen and oxygen atoms in total. The normalized spacial score (nSPS) is 19.3. The van der Waals surface area contributed by atoms with Crippen LogP contribution in [0.1, 0.15) is 32.3 Å². The van der Waals surface area contributed by atoms with Crippen LogP contribution < -0.4 is 5.73 Å². The second-order valence-corrected chi connectivity index (χ2v) is 7.72. The molecule has 0 spiro atoms. The van der Waals surface area contributed by atoms with E-state index < -0.39 is 11.5 Å². The molecule has 2 aromatic rings. The van der Waals surface area contributed by atoms with Gasteiger partial charge in [0.25, 0.3) is 5.91 Å². The Morgan fingerprint density at radius 2 is 1.76 bits per heavy atom. The molecule has 0 saturated carbocycles. The van der Waals surface area contributed by atoms with Gasteiger partial charge in [-0.1, -0.05) is 68.4 Å². The summed E-state index contributed by atoms with van der Waals surface area (Å²) in [6.07, 6.45) is 1.92. The number of carbonyl (C=O) groups is 2. The van der Waals surface area contributed by atoms with Gasteiger partial charge >= 0.3 is 0 Å². The Labute approximate surface area is 172 Å². The van der Waals surface area contributed by atoms with Crippen molar-refractivity contribution in [2.24, 2.45) is 11.7 Å². The SMILES string of the molecule is CCC(CC)C(=O)N1CCOC(Cc2cccc(-c3ccccc3)c2)(C(N)=O)C1. The van der Waals surface area contributed by atoms with Crippen molar-refractivity contribution in [3.05, 3.63) is 60.2 Å². The van der Waals surface area contributed by atoms with E-state index >= 15 is 0 Å². The van der Waals surface area contributed by atoms with Crippen molar-refractivity contribution in [1.82, 2.24) is 4.90 Å². The highest BCUT2D eigenvalue weighted by molar-refractivity contribution is 5.86. The van der Waals surface area contributed by atoms with Gasteiger partial charge in [0, 0.05) is 18.9 Å². The first-order valence-electron chi connectivity index (χ1n) is 10.4. The van der Waals surface area contributed by atoms with Crippen LogP contribution in [0.3, 0.4) is 0 Å². The lowest BCUT2D eigenvalue weighted by molar-refractivity contribution is -0.165. The number of carbonyl (C=O) groups excluding carboxylic acids is 2. The molecular weight excluding hydrogens is 364 g/mol. The maximum Gasteiger partial charge on any atom is 0.251 e. The second kappa shape index (κ2) is 9.23. The van der Waals surface area contributed by atoms with E-state index in [4.69, 9.17) is 10.5 Å².